The van der Waals surface area contributed by atoms with Gasteiger partial charge in [0.05, 0.1) is 11.4 Å². The lowest BCUT2D eigenvalue weighted by atomic mass is 10.1. The van der Waals surface area contributed by atoms with Gasteiger partial charge in [-0.25, -0.2) is 13.1 Å². The summed E-state index contributed by atoms with van der Waals surface area (Å²) in [6.45, 7) is 4.44. The van der Waals surface area contributed by atoms with Gasteiger partial charge in [-0.1, -0.05) is 32.0 Å². The van der Waals surface area contributed by atoms with Gasteiger partial charge < -0.3 is 5.32 Å². The van der Waals surface area contributed by atoms with Crippen LogP contribution in [0.4, 0.5) is 0 Å². The Morgan fingerprint density at radius 2 is 1.84 bits per heavy atom. The number of nitrogens with one attached hydrogen (secondary N) is 2. The lowest BCUT2D eigenvalue weighted by Crippen LogP contribution is -2.37. The van der Waals surface area contributed by atoms with E-state index < -0.39 is 10.0 Å². The van der Waals surface area contributed by atoms with Crippen molar-refractivity contribution in [2.24, 2.45) is 5.92 Å². The van der Waals surface area contributed by atoms with Crippen LogP contribution < -0.4 is 10.0 Å². The highest BCUT2D eigenvalue weighted by Crippen LogP contribution is 2.06. The highest BCUT2D eigenvalue weighted by molar-refractivity contribution is 7.89. The Morgan fingerprint density at radius 1 is 1.21 bits per heavy atom. The molecule has 0 saturated heterocycles. The van der Waals surface area contributed by atoms with Gasteiger partial charge in [-0.15, -0.1) is 0 Å². The lowest BCUT2D eigenvalue weighted by molar-refractivity contribution is -0.119. The first-order valence-corrected chi connectivity index (χ1v) is 7.71. The Bertz CT molecular complexity index is 498. The summed E-state index contributed by atoms with van der Waals surface area (Å²) >= 11 is 0. The molecule has 6 heteroatoms. The minimum absolute atomic E-state index is 0.157. The molecule has 0 saturated carbocycles. The largest absolute Gasteiger partial charge is 0.355 e. The number of amides is 1. The minimum Gasteiger partial charge on any atom is -0.355 e. The van der Waals surface area contributed by atoms with Gasteiger partial charge in [-0.2, -0.15) is 0 Å². The maximum atomic E-state index is 11.8. The van der Waals surface area contributed by atoms with Crippen LogP contribution in [0.25, 0.3) is 0 Å². The molecule has 106 valence electrons. The number of hydrogen-bond acceptors (Lipinski definition) is 3. The molecule has 0 aliphatic carbocycles. The van der Waals surface area contributed by atoms with E-state index in [0.29, 0.717) is 12.5 Å². The van der Waals surface area contributed by atoms with Crippen LogP contribution in [0.3, 0.4) is 0 Å². The molecule has 1 amide bonds. The molecule has 0 atom stereocenters. The van der Waals surface area contributed by atoms with Crippen LogP contribution in [0.5, 0.6) is 0 Å². The molecule has 1 rings (SSSR count). The van der Waals surface area contributed by atoms with Crippen LogP contribution in [0.2, 0.25) is 0 Å². The molecule has 0 aliphatic rings. The van der Waals surface area contributed by atoms with E-state index in [9.17, 15) is 13.2 Å². The van der Waals surface area contributed by atoms with E-state index in [1.54, 1.807) is 18.2 Å². The van der Waals surface area contributed by atoms with Crippen LogP contribution in [0, 0.1) is 5.92 Å². The minimum atomic E-state index is -3.61. The lowest BCUT2D eigenvalue weighted by Gasteiger charge is -2.08. The predicted molar refractivity (Wildman–Crippen MR) is 74.1 cm³/mol. The molecule has 0 radical (unpaired) electrons. The quantitative estimate of drug-likeness (QED) is 0.788. The Hall–Kier alpha value is -1.40. The van der Waals surface area contributed by atoms with Crippen molar-refractivity contribution >= 4 is 15.9 Å². The third kappa shape index (κ3) is 5.85. The van der Waals surface area contributed by atoms with Gasteiger partial charge in [0.25, 0.3) is 0 Å². The van der Waals surface area contributed by atoms with Crippen molar-refractivity contribution in [3.8, 4) is 0 Å². The van der Waals surface area contributed by atoms with Gasteiger partial charge in [0.15, 0.2) is 0 Å². The summed E-state index contributed by atoms with van der Waals surface area (Å²) in [6.07, 6.45) is 0.872. The highest BCUT2D eigenvalue weighted by Gasteiger charge is 2.14. The van der Waals surface area contributed by atoms with Gasteiger partial charge in [-0.3, -0.25) is 4.79 Å². The summed E-state index contributed by atoms with van der Waals surface area (Å²) in [5, 5.41) is 2.67. The fraction of sp³-hybridized carbons (Fsp3) is 0.462. The van der Waals surface area contributed by atoms with Crippen molar-refractivity contribution in [1.82, 2.24) is 10.0 Å². The molecule has 0 aromatic heterocycles. The standard InChI is InChI=1S/C13H20N2O3S/c1-11(2)8-9-14-13(16)10-15-19(17,18)12-6-4-3-5-7-12/h3-7,11,15H,8-10H2,1-2H3,(H,14,16). The predicted octanol–water partition coefficient (Wildman–Crippen LogP) is 1.13. The Labute approximate surface area is 114 Å². The van der Waals surface area contributed by atoms with Crippen molar-refractivity contribution < 1.29 is 13.2 Å². The van der Waals surface area contributed by atoms with Crippen molar-refractivity contribution in [3.63, 3.8) is 0 Å². The normalized spacial score (nSPS) is 11.5. The first-order valence-electron chi connectivity index (χ1n) is 6.23. The monoisotopic (exact) mass is 284 g/mol. The molecule has 0 aliphatic heterocycles. The van der Waals surface area contributed by atoms with Crippen molar-refractivity contribution in [2.45, 2.75) is 25.2 Å². The topological polar surface area (TPSA) is 75.3 Å². The van der Waals surface area contributed by atoms with E-state index in [1.165, 1.54) is 12.1 Å². The Morgan fingerprint density at radius 3 is 2.42 bits per heavy atom. The average molecular weight is 284 g/mol. The maximum absolute atomic E-state index is 11.8. The molecule has 0 bridgehead atoms. The highest BCUT2D eigenvalue weighted by atomic mass is 32.2. The average Bonchev–Trinajstić information content (AvgIpc) is 2.37. The van der Waals surface area contributed by atoms with Crippen LogP contribution >= 0.6 is 0 Å². The second kappa shape index (κ2) is 7.25. The zero-order chi connectivity index (χ0) is 14.3. The summed E-state index contributed by atoms with van der Waals surface area (Å²) in [7, 11) is -3.61. The molecule has 1 aromatic carbocycles. The summed E-state index contributed by atoms with van der Waals surface area (Å²) in [5.41, 5.74) is 0. The number of carbonyl (C=O) groups is 1. The Balaban J connectivity index is 2.42. The van der Waals surface area contributed by atoms with Gasteiger partial charge in [0.1, 0.15) is 0 Å². The molecule has 5 nitrogen and oxygen atoms in total. The zero-order valence-corrected chi connectivity index (χ0v) is 12.0. The number of sulfonamides is 1. The summed E-state index contributed by atoms with van der Waals surface area (Å²) in [5.74, 6) is 0.182. The van der Waals surface area contributed by atoms with Crippen LogP contribution in [0.1, 0.15) is 20.3 Å². The molecule has 0 unspecified atom stereocenters. The number of carbonyl (C=O) groups excluding carboxylic acids is 1. The molecule has 0 spiro atoms. The fourth-order valence-corrected chi connectivity index (χ4v) is 2.41. The second-order valence-corrected chi connectivity index (χ2v) is 6.44. The Kier molecular flexibility index (Phi) is 5.98. The van der Waals surface area contributed by atoms with E-state index in [4.69, 9.17) is 0 Å². The molecular weight excluding hydrogens is 264 g/mol. The van der Waals surface area contributed by atoms with E-state index in [2.05, 4.69) is 23.9 Å². The van der Waals surface area contributed by atoms with E-state index in [1.807, 2.05) is 0 Å². The SMILES string of the molecule is CC(C)CCNC(=O)CNS(=O)(=O)c1ccccc1. The summed E-state index contributed by atoms with van der Waals surface area (Å²) < 4.78 is 25.9. The van der Waals surface area contributed by atoms with Crippen LogP contribution in [0.15, 0.2) is 35.2 Å². The molecule has 0 fully saturated rings. The zero-order valence-electron chi connectivity index (χ0n) is 11.2. The molecule has 2 N–H and O–H groups in total. The van der Waals surface area contributed by atoms with Crippen LogP contribution in [-0.2, 0) is 14.8 Å². The molecule has 1 aromatic rings. The van der Waals surface area contributed by atoms with Crippen LogP contribution in [-0.4, -0.2) is 27.4 Å². The maximum Gasteiger partial charge on any atom is 0.241 e. The number of benzene rings is 1. The van der Waals surface area contributed by atoms with Gasteiger partial charge in [0.2, 0.25) is 15.9 Å². The summed E-state index contributed by atoms with van der Waals surface area (Å²) in [6, 6.07) is 7.98. The van der Waals surface area contributed by atoms with Crippen molar-refractivity contribution in [3.05, 3.63) is 30.3 Å². The molecular formula is C13H20N2O3S. The van der Waals surface area contributed by atoms with Gasteiger partial charge >= 0.3 is 0 Å². The van der Waals surface area contributed by atoms with Gasteiger partial charge in [0, 0.05) is 6.54 Å². The molecule has 19 heavy (non-hydrogen) atoms. The van der Waals surface area contributed by atoms with E-state index in [0.717, 1.165) is 6.42 Å². The second-order valence-electron chi connectivity index (χ2n) is 4.67. The first-order chi connectivity index (χ1) is 8.92. The van der Waals surface area contributed by atoms with Gasteiger partial charge in [-0.05, 0) is 24.5 Å². The van der Waals surface area contributed by atoms with Crippen molar-refractivity contribution in [2.75, 3.05) is 13.1 Å². The first kappa shape index (κ1) is 15.7. The van der Waals surface area contributed by atoms with E-state index >= 15 is 0 Å². The molecule has 0 heterocycles. The fourth-order valence-electron chi connectivity index (χ4n) is 1.41. The van der Waals surface area contributed by atoms with E-state index in [-0.39, 0.29) is 17.3 Å². The summed E-state index contributed by atoms with van der Waals surface area (Å²) in [4.78, 5) is 11.6. The third-order valence-electron chi connectivity index (χ3n) is 2.52. The number of rotatable bonds is 7. The third-order valence-corrected chi connectivity index (χ3v) is 3.94. The van der Waals surface area contributed by atoms with Crippen molar-refractivity contribution in [1.29, 1.82) is 0 Å². The number of hydrogen-bond donors (Lipinski definition) is 2. The smallest absolute Gasteiger partial charge is 0.241 e.